The van der Waals surface area contributed by atoms with Crippen molar-refractivity contribution in [3.05, 3.63) is 82.7 Å². The first-order valence-corrected chi connectivity index (χ1v) is 14.7. The molecule has 8 heteroatoms. The minimum atomic E-state index is -0.308. The Hall–Kier alpha value is -3.36. The number of hydrogen-bond donors (Lipinski definition) is 2. The molecular weight excluding hydrogens is 513 g/mol. The van der Waals surface area contributed by atoms with Gasteiger partial charge in [-0.25, -0.2) is 4.39 Å². The van der Waals surface area contributed by atoms with Crippen molar-refractivity contribution in [1.29, 1.82) is 0 Å². The lowest BCUT2D eigenvalue weighted by Gasteiger charge is -2.22. The molecule has 1 atom stereocenters. The van der Waals surface area contributed by atoms with Crippen LogP contribution < -0.4 is 15.4 Å². The summed E-state index contributed by atoms with van der Waals surface area (Å²) in [6.45, 7) is 5.66. The summed E-state index contributed by atoms with van der Waals surface area (Å²) < 4.78 is 20.9. The Morgan fingerprint density at radius 1 is 1.13 bits per heavy atom. The number of benzene rings is 3. The molecule has 5 rings (SSSR count). The molecule has 2 amide bonds. The van der Waals surface area contributed by atoms with Gasteiger partial charge in [-0.3, -0.25) is 9.59 Å². The molecule has 0 aliphatic carbocycles. The second-order valence-electron chi connectivity index (χ2n) is 10.0. The molecule has 1 fully saturated rings. The standard InChI is InChI=1S/C31H34FN3O3S/c1-3-25-26(9-11-28(39-2)29(25)32)31(37)35-14-15-38-27-10-8-23(16-24(27)19-35)21-4-6-22(7-5-21)30(36)34-18-20-12-13-33-17-20/h4-11,16,20,33H,3,12-15,17-19H2,1-2H3,(H,34,36). The van der Waals surface area contributed by atoms with Crippen LogP contribution in [0.2, 0.25) is 0 Å². The molecule has 2 aliphatic heterocycles. The number of hydrogen-bond acceptors (Lipinski definition) is 5. The molecular formula is C31H34FN3O3S. The van der Waals surface area contributed by atoms with E-state index in [0.29, 0.717) is 60.2 Å². The van der Waals surface area contributed by atoms with Gasteiger partial charge >= 0.3 is 0 Å². The molecule has 2 aliphatic rings. The molecule has 0 bridgehead atoms. The van der Waals surface area contributed by atoms with Crippen LogP contribution >= 0.6 is 11.8 Å². The fourth-order valence-electron chi connectivity index (χ4n) is 5.26. The highest BCUT2D eigenvalue weighted by Gasteiger charge is 2.25. The Balaban J connectivity index is 1.32. The summed E-state index contributed by atoms with van der Waals surface area (Å²) in [5.41, 5.74) is 4.33. The van der Waals surface area contributed by atoms with E-state index < -0.39 is 0 Å². The van der Waals surface area contributed by atoms with Crippen molar-refractivity contribution in [3.63, 3.8) is 0 Å². The number of thioether (sulfide) groups is 1. The van der Waals surface area contributed by atoms with Gasteiger partial charge in [-0.05, 0) is 85.6 Å². The molecule has 1 saturated heterocycles. The highest BCUT2D eigenvalue weighted by Crippen LogP contribution is 2.31. The van der Waals surface area contributed by atoms with Crippen LogP contribution in [-0.2, 0) is 13.0 Å². The minimum absolute atomic E-state index is 0.0635. The van der Waals surface area contributed by atoms with Gasteiger partial charge in [0.2, 0.25) is 0 Å². The highest BCUT2D eigenvalue weighted by molar-refractivity contribution is 7.98. The van der Waals surface area contributed by atoms with Crippen molar-refractivity contribution >= 4 is 23.6 Å². The maximum atomic E-state index is 15.0. The van der Waals surface area contributed by atoms with E-state index in [-0.39, 0.29) is 17.6 Å². The summed E-state index contributed by atoms with van der Waals surface area (Å²) in [6, 6.07) is 16.9. The molecule has 204 valence electrons. The average Bonchev–Trinajstić information content (AvgIpc) is 3.40. The second-order valence-corrected chi connectivity index (χ2v) is 10.9. The van der Waals surface area contributed by atoms with Gasteiger partial charge in [-0.1, -0.05) is 25.1 Å². The quantitative estimate of drug-likeness (QED) is 0.401. The van der Waals surface area contributed by atoms with Crippen LogP contribution in [0.1, 0.15) is 45.2 Å². The van der Waals surface area contributed by atoms with Gasteiger partial charge < -0.3 is 20.3 Å². The van der Waals surface area contributed by atoms with Crippen LogP contribution in [0.5, 0.6) is 5.75 Å². The number of ether oxygens (including phenoxy) is 1. The predicted molar refractivity (Wildman–Crippen MR) is 153 cm³/mol. The Morgan fingerprint density at radius 3 is 2.64 bits per heavy atom. The van der Waals surface area contributed by atoms with E-state index in [4.69, 9.17) is 4.74 Å². The van der Waals surface area contributed by atoms with Gasteiger partial charge in [0.15, 0.2) is 0 Å². The molecule has 0 aromatic heterocycles. The topological polar surface area (TPSA) is 70.7 Å². The van der Waals surface area contributed by atoms with E-state index in [1.165, 1.54) is 11.8 Å². The van der Waals surface area contributed by atoms with Gasteiger partial charge in [-0.15, -0.1) is 11.8 Å². The molecule has 3 aromatic carbocycles. The van der Waals surface area contributed by atoms with E-state index in [0.717, 1.165) is 42.0 Å². The lowest BCUT2D eigenvalue weighted by Crippen LogP contribution is -2.33. The molecule has 1 unspecified atom stereocenters. The average molecular weight is 548 g/mol. The number of carbonyl (C=O) groups is 2. The lowest BCUT2D eigenvalue weighted by atomic mass is 10.00. The zero-order valence-electron chi connectivity index (χ0n) is 22.4. The summed E-state index contributed by atoms with van der Waals surface area (Å²) in [5.74, 6) is 0.669. The van der Waals surface area contributed by atoms with Crippen LogP contribution in [0.4, 0.5) is 4.39 Å². The van der Waals surface area contributed by atoms with E-state index in [9.17, 15) is 14.0 Å². The Labute approximate surface area is 233 Å². The molecule has 0 spiro atoms. The molecule has 6 nitrogen and oxygen atoms in total. The Bertz CT molecular complexity index is 1360. The third-order valence-corrected chi connectivity index (χ3v) is 8.29. The zero-order chi connectivity index (χ0) is 27.4. The smallest absolute Gasteiger partial charge is 0.254 e. The third kappa shape index (κ3) is 5.97. The first-order valence-electron chi connectivity index (χ1n) is 13.5. The van der Waals surface area contributed by atoms with Crippen LogP contribution in [-0.4, -0.2) is 55.8 Å². The van der Waals surface area contributed by atoms with Crippen molar-refractivity contribution < 1.29 is 18.7 Å². The zero-order valence-corrected chi connectivity index (χ0v) is 23.2. The monoisotopic (exact) mass is 547 g/mol. The maximum Gasteiger partial charge on any atom is 0.254 e. The van der Waals surface area contributed by atoms with Gasteiger partial charge in [-0.2, -0.15) is 0 Å². The highest BCUT2D eigenvalue weighted by atomic mass is 32.2. The van der Waals surface area contributed by atoms with Crippen molar-refractivity contribution in [1.82, 2.24) is 15.5 Å². The van der Waals surface area contributed by atoms with Gasteiger partial charge in [0.05, 0.1) is 6.54 Å². The summed E-state index contributed by atoms with van der Waals surface area (Å²) in [5, 5.41) is 6.36. The van der Waals surface area contributed by atoms with E-state index >= 15 is 0 Å². The SMILES string of the molecule is CCc1c(C(=O)N2CCOc3ccc(-c4ccc(C(=O)NCC5CCNC5)cc4)cc3C2)ccc(SC)c1F. The first-order chi connectivity index (χ1) is 19.0. The minimum Gasteiger partial charge on any atom is -0.491 e. The van der Waals surface area contributed by atoms with Gasteiger partial charge in [0.25, 0.3) is 11.8 Å². The number of fused-ring (bicyclic) bond motifs is 1. The molecule has 3 aromatic rings. The number of carbonyl (C=O) groups excluding carboxylic acids is 2. The Morgan fingerprint density at radius 2 is 1.92 bits per heavy atom. The van der Waals surface area contributed by atoms with E-state index in [2.05, 4.69) is 10.6 Å². The number of halogens is 1. The number of rotatable bonds is 7. The number of amides is 2. The predicted octanol–water partition coefficient (Wildman–Crippen LogP) is 5.15. The second kappa shape index (κ2) is 12.2. The molecule has 0 radical (unpaired) electrons. The van der Waals surface area contributed by atoms with Crippen LogP contribution in [0, 0.1) is 11.7 Å². The molecule has 2 N–H and O–H groups in total. The van der Waals surface area contributed by atoms with Crippen LogP contribution in [0.25, 0.3) is 11.1 Å². The van der Waals surface area contributed by atoms with Gasteiger partial charge in [0, 0.05) is 40.2 Å². The third-order valence-electron chi connectivity index (χ3n) is 7.53. The van der Waals surface area contributed by atoms with Gasteiger partial charge in [0.1, 0.15) is 18.2 Å². The molecule has 0 saturated carbocycles. The van der Waals surface area contributed by atoms with Crippen LogP contribution in [0.15, 0.2) is 59.5 Å². The summed E-state index contributed by atoms with van der Waals surface area (Å²) in [4.78, 5) is 28.4. The van der Waals surface area contributed by atoms with Crippen molar-refractivity contribution in [3.8, 4) is 16.9 Å². The summed E-state index contributed by atoms with van der Waals surface area (Å²) in [7, 11) is 0. The fourth-order valence-corrected chi connectivity index (χ4v) is 5.77. The maximum absolute atomic E-state index is 15.0. The van der Waals surface area contributed by atoms with Crippen LogP contribution in [0.3, 0.4) is 0 Å². The Kier molecular flexibility index (Phi) is 8.53. The van der Waals surface area contributed by atoms with Crippen molar-refractivity contribution in [2.75, 3.05) is 39.0 Å². The molecule has 2 heterocycles. The molecule has 39 heavy (non-hydrogen) atoms. The summed E-state index contributed by atoms with van der Waals surface area (Å²) in [6.07, 6.45) is 3.36. The van der Waals surface area contributed by atoms with Crippen molar-refractivity contribution in [2.45, 2.75) is 31.2 Å². The fraction of sp³-hybridized carbons (Fsp3) is 0.355. The van der Waals surface area contributed by atoms with Crippen molar-refractivity contribution in [2.24, 2.45) is 5.92 Å². The van der Waals surface area contributed by atoms with E-state index in [1.54, 1.807) is 17.0 Å². The number of nitrogens with zero attached hydrogens (tertiary/aromatic N) is 1. The van der Waals surface area contributed by atoms with E-state index in [1.807, 2.05) is 55.6 Å². The number of nitrogens with one attached hydrogen (secondary N) is 2. The first kappa shape index (κ1) is 27.2. The largest absolute Gasteiger partial charge is 0.491 e. The normalized spacial score (nSPS) is 16.8. The summed E-state index contributed by atoms with van der Waals surface area (Å²) >= 11 is 1.34. The lowest BCUT2D eigenvalue weighted by molar-refractivity contribution is 0.0731.